The van der Waals surface area contributed by atoms with Crippen molar-refractivity contribution in [2.75, 3.05) is 18.7 Å². The van der Waals surface area contributed by atoms with Gasteiger partial charge in [-0.1, -0.05) is 17.7 Å². The van der Waals surface area contributed by atoms with Crippen molar-refractivity contribution in [3.8, 4) is 0 Å². The molecule has 0 saturated heterocycles. The number of methoxy groups -OCH3 is 1. The third kappa shape index (κ3) is 3.19. The van der Waals surface area contributed by atoms with E-state index in [1.807, 2.05) is 45.0 Å². The zero-order valence-corrected chi connectivity index (χ0v) is 13.3. The third-order valence-electron chi connectivity index (χ3n) is 3.51. The van der Waals surface area contributed by atoms with Gasteiger partial charge in [0.1, 0.15) is 6.54 Å². The topological polar surface area (TPSA) is 51.5 Å². The molecule has 1 heterocycles. The molecule has 0 aliphatic heterocycles. The van der Waals surface area contributed by atoms with Gasteiger partial charge in [-0.2, -0.15) is 0 Å². The molecule has 1 aromatic carbocycles. The van der Waals surface area contributed by atoms with Gasteiger partial charge in [-0.05, 0) is 45.0 Å². The van der Waals surface area contributed by atoms with Crippen LogP contribution >= 0.6 is 0 Å². The molecule has 22 heavy (non-hydrogen) atoms. The average Bonchev–Trinajstić information content (AvgIpc) is 2.84. The first-order valence-electron chi connectivity index (χ1n) is 7.04. The predicted molar refractivity (Wildman–Crippen MR) is 84.5 cm³/mol. The Morgan fingerprint density at radius 1 is 1.00 bits per heavy atom. The Bertz CT molecular complexity index is 667. The maximum atomic E-state index is 12.8. The minimum atomic E-state index is -0.465. The molecule has 0 atom stereocenters. The highest BCUT2D eigenvalue weighted by molar-refractivity contribution is 6.03. The van der Waals surface area contributed by atoms with E-state index in [-0.39, 0.29) is 12.5 Å². The number of hydrogen-bond donors (Lipinski definition) is 0. The fraction of sp³-hybridized carbons (Fsp3) is 0.294. The van der Waals surface area contributed by atoms with Crippen LogP contribution in [0.2, 0.25) is 0 Å². The maximum Gasteiger partial charge on any atom is 0.327 e. The van der Waals surface area contributed by atoms with Crippen molar-refractivity contribution in [3.63, 3.8) is 0 Å². The summed E-state index contributed by atoms with van der Waals surface area (Å²) in [6, 6.07) is 11.1. The molecule has 116 valence electrons. The number of hydrogen-bond acceptors (Lipinski definition) is 3. The van der Waals surface area contributed by atoms with E-state index in [1.165, 1.54) is 12.1 Å². The van der Waals surface area contributed by atoms with Crippen LogP contribution in [0.5, 0.6) is 0 Å². The number of ether oxygens (including phenoxy) is 1. The van der Waals surface area contributed by atoms with Crippen molar-refractivity contribution in [1.29, 1.82) is 0 Å². The van der Waals surface area contributed by atoms with Crippen LogP contribution in [0.3, 0.4) is 0 Å². The Hall–Kier alpha value is -2.56. The smallest absolute Gasteiger partial charge is 0.327 e. The van der Waals surface area contributed by atoms with Crippen LogP contribution < -0.4 is 5.01 Å². The molecule has 0 spiro atoms. The summed E-state index contributed by atoms with van der Waals surface area (Å²) in [5.74, 6) is -0.708. The Morgan fingerprint density at radius 2 is 1.55 bits per heavy atom. The van der Waals surface area contributed by atoms with E-state index in [1.54, 1.807) is 16.8 Å². The summed E-state index contributed by atoms with van der Waals surface area (Å²) in [7, 11) is 1.31. The van der Waals surface area contributed by atoms with E-state index in [2.05, 4.69) is 0 Å². The molecule has 0 fully saturated rings. The van der Waals surface area contributed by atoms with E-state index >= 15 is 0 Å². The zero-order chi connectivity index (χ0) is 16.3. The van der Waals surface area contributed by atoms with Crippen LogP contribution in [0.25, 0.3) is 0 Å². The van der Waals surface area contributed by atoms with Crippen LogP contribution in [0, 0.1) is 20.8 Å². The Kier molecular flexibility index (Phi) is 4.65. The molecule has 0 N–H and O–H groups in total. The average molecular weight is 300 g/mol. The summed E-state index contributed by atoms with van der Waals surface area (Å²) >= 11 is 0. The number of esters is 1. The summed E-state index contributed by atoms with van der Waals surface area (Å²) in [6.45, 7) is 5.60. The first-order valence-corrected chi connectivity index (χ1v) is 7.04. The second kappa shape index (κ2) is 6.47. The van der Waals surface area contributed by atoms with Gasteiger partial charge in [0.2, 0.25) is 0 Å². The molecule has 2 rings (SSSR count). The summed E-state index contributed by atoms with van der Waals surface area (Å²) < 4.78 is 6.45. The standard InChI is InChI=1S/C17H20N2O3/c1-12-5-9-15(10-6-12)17(21)18(11-16(20)22-4)19-13(2)7-8-14(19)3/h5-10H,11H2,1-4H3. The minimum Gasteiger partial charge on any atom is -0.468 e. The molecule has 0 saturated carbocycles. The minimum absolute atomic E-state index is 0.139. The highest BCUT2D eigenvalue weighted by Gasteiger charge is 2.23. The maximum absolute atomic E-state index is 12.8. The molecular formula is C17H20N2O3. The van der Waals surface area contributed by atoms with Crippen LogP contribution in [0.15, 0.2) is 36.4 Å². The number of aryl methyl sites for hydroxylation is 3. The van der Waals surface area contributed by atoms with E-state index in [4.69, 9.17) is 4.74 Å². The van der Waals surface area contributed by atoms with Crippen LogP contribution in [0.4, 0.5) is 0 Å². The van der Waals surface area contributed by atoms with Crippen LogP contribution in [0.1, 0.15) is 27.3 Å². The monoisotopic (exact) mass is 300 g/mol. The van der Waals surface area contributed by atoms with Gasteiger partial charge >= 0.3 is 5.97 Å². The molecule has 0 aliphatic rings. The summed E-state index contributed by atoms with van der Waals surface area (Å²) in [5.41, 5.74) is 3.36. The van der Waals surface area contributed by atoms with Gasteiger partial charge in [-0.15, -0.1) is 0 Å². The van der Waals surface area contributed by atoms with Gasteiger partial charge in [0, 0.05) is 17.0 Å². The van der Waals surface area contributed by atoms with E-state index in [0.29, 0.717) is 5.56 Å². The summed E-state index contributed by atoms with van der Waals surface area (Å²) in [6.07, 6.45) is 0. The molecule has 0 radical (unpaired) electrons. The number of amides is 1. The first kappa shape index (κ1) is 15.8. The van der Waals surface area contributed by atoms with Crippen LogP contribution in [-0.4, -0.2) is 30.2 Å². The normalized spacial score (nSPS) is 10.4. The Morgan fingerprint density at radius 3 is 2.05 bits per heavy atom. The number of aromatic nitrogens is 1. The third-order valence-corrected chi connectivity index (χ3v) is 3.51. The second-order valence-electron chi connectivity index (χ2n) is 5.23. The Balaban J connectivity index is 2.42. The first-order chi connectivity index (χ1) is 10.4. The number of benzene rings is 1. The lowest BCUT2D eigenvalue weighted by Crippen LogP contribution is -2.45. The van der Waals surface area contributed by atoms with Crippen LogP contribution in [-0.2, 0) is 9.53 Å². The number of carbonyl (C=O) groups is 2. The molecule has 0 bridgehead atoms. The molecule has 2 aromatic rings. The molecule has 0 unspecified atom stereocenters. The number of carbonyl (C=O) groups excluding carboxylic acids is 2. The highest BCUT2D eigenvalue weighted by Crippen LogP contribution is 2.13. The van der Waals surface area contributed by atoms with Gasteiger partial charge in [0.25, 0.3) is 5.91 Å². The van der Waals surface area contributed by atoms with Gasteiger partial charge in [0.15, 0.2) is 0 Å². The molecule has 1 amide bonds. The molecule has 1 aromatic heterocycles. The SMILES string of the molecule is COC(=O)CN(C(=O)c1ccc(C)cc1)n1c(C)ccc1C. The lowest BCUT2D eigenvalue weighted by Gasteiger charge is -2.26. The highest BCUT2D eigenvalue weighted by atomic mass is 16.5. The van der Waals surface area contributed by atoms with Gasteiger partial charge in [-0.25, -0.2) is 5.01 Å². The van der Waals surface area contributed by atoms with Crippen molar-refractivity contribution < 1.29 is 14.3 Å². The van der Waals surface area contributed by atoms with Crippen molar-refractivity contribution >= 4 is 11.9 Å². The van der Waals surface area contributed by atoms with E-state index in [9.17, 15) is 9.59 Å². The summed E-state index contributed by atoms with van der Waals surface area (Å²) in [4.78, 5) is 24.5. The van der Waals surface area contributed by atoms with Crippen molar-refractivity contribution in [2.45, 2.75) is 20.8 Å². The van der Waals surface area contributed by atoms with Crippen molar-refractivity contribution in [2.24, 2.45) is 0 Å². The second-order valence-corrected chi connectivity index (χ2v) is 5.23. The van der Waals surface area contributed by atoms with Crippen molar-refractivity contribution in [1.82, 2.24) is 4.68 Å². The Labute approximate surface area is 130 Å². The van der Waals surface area contributed by atoms with E-state index < -0.39 is 5.97 Å². The predicted octanol–water partition coefficient (Wildman–Crippen LogP) is 2.36. The fourth-order valence-electron chi connectivity index (χ4n) is 2.31. The lowest BCUT2D eigenvalue weighted by atomic mass is 10.1. The molecular weight excluding hydrogens is 280 g/mol. The zero-order valence-electron chi connectivity index (χ0n) is 13.3. The summed E-state index contributed by atoms with van der Waals surface area (Å²) in [5, 5.41) is 1.40. The number of rotatable bonds is 4. The quantitative estimate of drug-likeness (QED) is 0.815. The number of nitrogens with zero attached hydrogens (tertiary/aromatic N) is 2. The molecule has 0 aliphatic carbocycles. The molecule has 5 heteroatoms. The van der Waals surface area contributed by atoms with Gasteiger partial charge in [-0.3, -0.25) is 14.3 Å². The van der Waals surface area contributed by atoms with Gasteiger partial charge in [0.05, 0.1) is 7.11 Å². The van der Waals surface area contributed by atoms with Gasteiger partial charge < -0.3 is 4.74 Å². The van der Waals surface area contributed by atoms with Crippen molar-refractivity contribution in [3.05, 3.63) is 58.9 Å². The fourth-order valence-corrected chi connectivity index (χ4v) is 2.31. The lowest BCUT2D eigenvalue weighted by molar-refractivity contribution is -0.139. The van der Waals surface area contributed by atoms with E-state index in [0.717, 1.165) is 17.0 Å². The largest absolute Gasteiger partial charge is 0.468 e. The molecule has 5 nitrogen and oxygen atoms in total.